The van der Waals surface area contributed by atoms with Gasteiger partial charge in [0.15, 0.2) is 0 Å². The normalized spacial score (nSPS) is 17.9. The Labute approximate surface area is 101 Å². The third kappa shape index (κ3) is 3.34. The van der Waals surface area contributed by atoms with E-state index in [1.54, 1.807) is 0 Å². The van der Waals surface area contributed by atoms with Crippen LogP contribution in [0.5, 0.6) is 0 Å². The van der Waals surface area contributed by atoms with Crippen molar-refractivity contribution >= 4 is 16.9 Å². The minimum absolute atomic E-state index is 0.898. The van der Waals surface area contributed by atoms with Gasteiger partial charge in [0.05, 0.1) is 0 Å². The third-order valence-electron chi connectivity index (χ3n) is 3.29. The first-order valence-corrected chi connectivity index (χ1v) is 7.26. The second-order valence-corrected chi connectivity index (χ2v) is 5.19. The molecule has 0 atom stereocenters. The van der Waals surface area contributed by atoms with Crippen molar-refractivity contribution in [2.24, 2.45) is 5.92 Å². The van der Waals surface area contributed by atoms with Crippen molar-refractivity contribution in [2.75, 3.05) is 0 Å². The van der Waals surface area contributed by atoms with Gasteiger partial charge in [-0.2, -0.15) is 0 Å². The number of nitrogens with zero attached hydrogens (tertiary/aromatic N) is 1. The van der Waals surface area contributed by atoms with E-state index in [-0.39, 0.29) is 0 Å². The Morgan fingerprint density at radius 3 is 2.60 bits per heavy atom. The number of aromatic nitrogens is 1. The molecule has 0 spiro atoms. The Morgan fingerprint density at radius 1 is 1.20 bits per heavy atom. The molecule has 1 nitrogen and oxygen atoms in total. The summed E-state index contributed by atoms with van der Waals surface area (Å²) in [5, 5.41) is 1.03. The molecule has 0 bridgehead atoms. The van der Waals surface area contributed by atoms with E-state index in [1.807, 2.05) is 6.20 Å². The first-order chi connectivity index (χ1) is 7.38. The molecule has 1 aromatic heterocycles. The molecule has 1 aromatic rings. The van der Waals surface area contributed by atoms with Crippen molar-refractivity contribution in [3.05, 3.63) is 29.6 Å². The summed E-state index contributed by atoms with van der Waals surface area (Å²) in [7, 11) is 0. The van der Waals surface area contributed by atoms with Crippen LogP contribution in [0.3, 0.4) is 0 Å². The van der Waals surface area contributed by atoms with Crippen LogP contribution in [0.4, 0.5) is 0 Å². The SMILES string of the molecule is [As]Cc1ccc(CC2CCCCC2)nc1. The van der Waals surface area contributed by atoms with Gasteiger partial charge in [0, 0.05) is 0 Å². The number of hydrogen-bond acceptors (Lipinski definition) is 1. The minimum atomic E-state index is 0.898. The maximum atomic E-state index is 4.53. The van der Waals surface area contributed by atoms with Crippen LogP contribution in [0, 0.1) is 5.92 Å². The van der Waals surface area contributed by atoms with E-state index in [4.69, 9.17) is 0 Å². The van der Waals surface area contributed by atoms with E-state index >= 15 is 0 Å². The molecule has 2 radical (unpaired) electrons. The molecule has 2 heteroatoms. The van der Waals surface area contributed by atoms with Crippen molar-refractivity contribution < 1.29 is 0 Å². The quantitative estimate of drug-likeness (QED) is 0.764. The summed E-state index contributed by atoms with van der Waals surface area (Å²) in [6.07, 6.45) is 10.3. The summed E-state index contributed by atoms with van der Waals surface area (Å²) >= 11 is 2.60. The van der Waals surface area contributed by atoms with Crippen molar-refractivity contribution in [3.63, 3.8) is 0 Å². The summed E-state index contributed by atoms with van der Waals surface area (Å²) in [4.78, 5) is 4.53. The summed E-state index contributed by atoms with van der Waals surface area (Å²) < 4.78 is 0. The van der Waals surface area contributed by atoms with E-state index in [2.05, 4.69) is 34.0 Å². The molecule has 2 rings (SSSR count). The number of rotatable bonds is 3. The molecule has 0 aromatic carbocycles. The number of hydrogen-bond donors (Lipinski definition) is 0. The topological polar surface area (TPSA) is 12.9 Å². The van der Waals surface area contributed by atoms with Gasteiger partial charge in [-0.05, 0) is 0 Å². The second-order valence-electron chi connectivity index (χ2n) is 4.52. The van der Waals surface area contributed by atoms with Gasteiger partial charge in [-0.1, -0.05) is 0 Å². The standard InChI is InChI=1S/C13H18AsN/c14-9-12-6-7-13(15-10-12)8-11-4-2-1-3-5-11/h6-7,10-11H,1-5,8-9H2. The Morgan fingerprint density at radius 2 is 2.00 bits per heavy atom. The zero-order valence-corrected chi connectivity index (χ0v) is 11.0. The predicted octanol–water partition coefficient (Wildman–Crippen LogP) is 2.87. The predicted molar refractivity (Wildman–Crippen MR) is 64.0 cm³/mol. The van der Waals surface area contributed by atoms with Crippen LogP contribution < -0.4 is 0 Å². The van der Waals surface area contributed by atoms with Gasteiger partial charge in [0.25, 0.3) is 0 Å². The second kappa shape index (κ2) is 5.70. The fraction of sp³-hybridized carbons (Fsp3) is 0.615. The molecule has 0 N–H and O–H groups in total. The average molecular weight is 263 g/mol. The molecule has 1 fully saturated rings. The molecule has 1 saturated carbocycles. The first-order valence-electron chi connectivity index (χ1n) is 5.93. The van der Waals surface area contributed by atoms with Crippen LogP contribution in [-0.2, 0) is 11.6 Å². The molecule has 1 aliphatic rings. The third-order valence-corrected chi connectivity index (χ3v) is 4.06. The molecule has 15 heavy (non-hydrogen) atoms. The van der Waals surface area contributed by atoms with Crippen molar-refractivity contribution in [2.45, 2.75) is 43.7 Å². The Balaban J connectivity index is 1.91. The first kappa shape index (κ1) is 11.2. The fourth-order valence-electron chi connectivity index (χ4n) is 2.36. The summed E-state index contributed by atoms with van der Waals surface area (Å²) in [5.74, 6) is 0.898. The zero-order valence-electron chi connectivity index (χ0n) is 9.15. The fourth-order valence-corrected chi connectivity index (χ4v) is 2.75. The molecule has 80 valence electrons. The molecule has 0 aliphatic heterocycles. The van der Waals surface area contributed by atoms with Gasteiger partial charge in [0.2, 0.25) is 0 Å². The average Bonchev–Trinajstić information content (AvgIpc) is 2.31. The monoisotopic (exact) mass is 263 g/mol. The van der Waals surface area contributed by atoms with E-state index in [9.17, 15) is 0 Å². The van der Waals surface area contributed by atoms with E-state index in [0.29, 0.717) is 0 Å². The summed E-state index contributed by atoms with van der Waals surface area (Å²) in [6.45, 7) is 0. The molecule has 0 amide bonds. The Kier molecular flexibility index (Phi) is 4.26. The van der Waals surface area contributed by atoms with Crippen molar-refractivity contribution in [1.82, 2.24) is 4.98 Å². The van der Waals surface area contributed by atoms with Gasteiger partial charge in [-0.15, -0.1) is 0 Å². The van der Waals surface area contributed by atoms with Gasteiger partial charge in [-0.3, -0.25) is 0 Å². The van der Waals surface area contributed by atoms with E-state index in [1.165, 1.54) is 49.8 Å². The maximum absolute atomic E-state index is 4.53. The van der Waals surface area contributed by atoms with E-state index in [0.717, 1.165) is 11.1 Å². The van der Waals surface area contributed by atoms with Crippen LogP contribution >= 0.6 is 0 Å². The van der Waals surface area contributed by atoms with E-state index < -0.39 is 0 Å². The molecule has 1 aliphatic carbocycles. The van der Waals surface area contributed by atoms with Gasteiger partial charge < -0.3 is 0 Å². The van der Waals surface area contributed by atoms with Gasteiger partial charge in [-0.25, -0.2) is 0 Å². The molecule has 0 saturated heterocycles. The van der Waals surface area contributed by atoms with Crippen LogP contribution in [0.2, 0.25) is 0 Å². The molecule has 1 heterocycles. The van der Waals surface area contributed by atoms with Crippen LogP contribution in [0.25, 0.3) is 0 Å². The van der Waals surface area contributed by atoms with Gasteiger partial charge >= 0.3 is 101 Å². The van der Waals surface area contributed by atoms with Crippen LogP contribution in [0.1, 0.15) is 43.4 Å². The Hall–Kier alpha value is -0.292. The molecular weight excluding hydrogens is 245 g/mol. The Bertz CT molecular complexity index is 288. The van der Waals surface area contributed by atoms with Gasteiger partial charge in [0.1, 0.15) is 0 Å². The molecular formula is C13H18AsN. The number of pyridine rings is 1. The van der Waals surface area contributed by atoms with Crippen molar-refractivity contribution in [3.8, 4) is 0 Å². The molecule has 0 unspecified atom stereocenters. The summed E-state index contributed by atoms with van der Waals surface area (Å²) in [6, 6.07) is 4.42. The van der Waals surface area contributed by atoms with Crippen LogP contribution in [0.15, 0.2) is 18.3 Å². The van der Waals surface area contributed by atoms with Crippen LogP contribution in [-0.4, -0.2) is 21.8 Å². The zero-order chi connectivity index (χ0) is 10.5. The summed E-state index contributed by atoms with van der Waals surface area (Å²) in [5.41, 5.74) is 2.61. The van der Waals surface area contributed by atoms with Crippen molar-refractivity contribution in [1.29, 1.82) is 0 Å².